The molecule has 2 heterocycles. The minimum Gasteiger partial charge on any atom is -0.508 e. The van der Waals surface area contributed by atoms with Crippen LogP contribution in [0.1, 0.15) is 42.9 Å². The summed E-state index contributed by atoms with van der Waals surface area (Å²) in [4.78, 5) is 54.7. The van der Waals surface area contributed by atoms with Gasteiger partial charge in [-0.25, -0.2) is 0 Å². The van der Waals surface area contributed by atoms with Crippen molar-refractivity contribution in [3.63, 3.8) is 0 Å². The van der Waals surface area contributed by atoms with Gasteiger partial charge in [0.1, 0.15) is 28.9 Å². The lowest BCUT2D eigenvalue weighted by atomic mass is 10.0. The first-order valence-electron chi connectivity index (χ1n) is 13.7. The largest absolute Gasteiger partial charge is 0.508 e. The molecule has 2 aliphatic rings. The molecule has 0 radical (unpaired) electrons. The Morgan fingerprint density at radius 2 is 1.54 bits per heavy atom. The molecule has 7 N–H and O–H groups in total. The number of phenolic OH excluding ortho intramolecular Hbond substituents is 1. The number of carbonyl (C=O) groups excluding carboxylic acids is 4. The van der Waals surface area contributed by atoms with Crippen LogP contribution in [0, 0.1) is 0 Å². The fourth-order valence-corrected chi connectivity index (χ4v) is 5.84. The molecule has 0 aromatic heterocycles. The molecule has 11 nitrogen and oxygen atoms in total. The van der Waals surface area contributed by atoms with Crippen LogP contribution < -0.4 is 22.1 Å². The molecule has 0 spiro atoms. The predicted octanol–water partition coefficient (Wildman–Crippen LogP) is 0.504. The van der Waals surface area contributed by atoms with E-state index < -0.39 is 30.1 Å². The third-order valence-corrected chi connectivity index (χ3v) is 7.96. The van der Waals surface area contributed by atoms with Crippen molar-refractivity contribution in [2.24, 2.45) is 11.5 Å². The Labute approximate surface area is 244 Å². The Balaban J connectivity index is 1.48. The first-order valence-corrected chi connectivity index (χ1v) is 14.1. The monoisotopic (exact) mass is 580 g/mol. The molecular weight excluding hydrogens is 544 g/mol. The Kier molecular flexibility index (Phi) is 9.90. The molecule has 2 fully saturated rings. The van der Waals surface area contributed by atoms with Gasteiger partial charge < -0.3 is 37.0 Å². The Morgan fingerprint density at radius 1 is 0.927 bits per heavy atom. The van der Waals surface area contributed by atoms with Gasteiger partial charge >= 0.3 is 0 Å². The van der Waals surface area contributed by atoms with Crippen molar-refractivity contribution in [1.82, 2.24) is 20.4 Å². The number of nitrogens with zero attached hydrogens (tertiary/aromatic N) is 2. The van der Waals surface area contributed by atoms with E-state index in [1.54, 1.807) is 17.0 Å². The fraction of sp³-hybridized carbons (Fsp3) is 0.414. The predicted molar refractivity (Wildman–Crippen MR) is 156 cm³/mol. The smallest absolute Gasteiger partial charge is 0.243 e. The molecule has 2 aromatic carbocycles. The minimum absolute atomic E-state index is 0.127. The van der Waals surface area contributed by atoms with E-state index in [1.807, 2.05) is 30.3 Å². The molecule has 0 saturated carbocycles. The first kappa shape index (κ1) is 29.9. The number of hydrogen-bond acceptors (Lipinski definition) is 7. The van der Waals surface area contributed by atoms with Gasteiger partial charge in [0.05, 0.1) is 12.6 Å². The van der Waals surface area contributed by atoms with Gasteiger partial charge in [-0.15, -0.1) is 0 Å². The molecule has 41 heavy (non-hydrogen) atoms. The topological polar surface area (TPSA) is 171 Å². The Hall–Kier alpha value is -4.03. The van der Waals surface area contributed by atoms with Gasteiger partial charge in [-0.05, 0) is 55.4 Å². The van der Waals surface area contributed by atoms with Crippen molar-refractivity contribution < 1.29 is 24.3 Å². The van der Waals surface area contributed by atoms with Crippen molar-refractivity contribution in [3.05, 3.63) is 65.7 Å². The number of amides is 4. The van der Waals surface area contributed by atoms with Crippen molar-refractivity contribution in [3.8, 4) is 5.75 Å². The van der Waals surface area contributed by atoms with Crippen LogP contribution in [0.25, 0.3) is 0 Å². The van der Waals surface area contributed by atoms with E-state index in [-0.39, 0.29) is 36.4 Å². The highest BCUT2D eigenvalue weighted by Crippen LogP contribution is 2.27. The zero-order chi connectivity index (χ0) is 29.5. The second kappa shape index (κ2) is 13.6. The van der Waals surface area contributed by atoms with Crippen LogP contribution in [0.2, 0.25) is 0 Å². The molecule has 4 rings (SSSR count). The molecule has 0 bridgehead atoms. The van der Waals surface area contributed by atoms with E-state index in [0.29, 0.717) is 43.8 Å². The van der Waals surface area contributed by atoms with Crippen molar-refractivity contribution in [2.45, 2.75) is 56.3 Å². The van der Waals surface area contributed by atoms with E-state index in [9.17, 15) is 24.3 Å². The summed E-state index contributed by atoms with van der Waals surface area (Å²) in [5.41, 5.74) is 13.0. The third-order valence-electron chi connectivity index (χ3n) is 7.49. The zero-order valence-electron chi connectivity index (χ0n) is 22.7. The summed E-state index contributed by atoms with van der Waals surface area (Å²) in [6, 6.07) is 12.9. The van der Waals surface area contributed by atoms with E-state index in [2.05, 4.69) is 10.6 Å². The van der Waals surface area contributed by atoms with Crippen LogP contribution >= 0.6 is 12.2 Å². The van der Waals surface area contributed by atoms with Gasteiger partial charge in [0.25, 0.3) is 0 Å². The minimum atomic E-state index is -0.844. The van der Waals surface area contributed by atoms with Gasteiger partial charge in [-0.1, -0.05) is 54.7 Å². The van der Waals surface area contributed by atoms with Crippen LogP contribution in [-0.4, -0.2) is 81.3 Å². The highest BCUT2D eigenvalue weighted by atomic mass is 32.1. The molecule has 2 aromatic rings. The lowest BCUT2D eigenvalue weighted by Crippen LogP contribution is -2.54. The number of rotatable bonds is 10. The fourth-order valence-electron chi connectivity index (χ4n) is 5.42. The number of hydrogen-bond donors (Lipinski definition) is 5. The summed E-state index contributed by atoms with van der Waals surface area (Å²) in [7, 11) is 0. The summed E-state index contributed by atoms with van der Waals surface area (Å²) < 4.78 is 0. The maximum atomic E-state index is 13.7. The Bertz CT molecular complexity index is 1270. The number of primary amides is 1. The summed E-state index contributed by atoms with van der Waals surface area (Å²) >= 11 is 5.87. The number of likely N-dealkylation sites (tertiary alicyclic amines) is 2. The van der Waals surface area contributed by atoms with E-state index in [4.69, 9.17) is 23.7 Å². The van der Waals surface area contributed by atoms with Crippen LogP contribution in [0.5, 0.6) is 5.75 Å². The van der Waals surface area contributed by atoms with Gasteiger partial charge in [-0.3, -0.25) is 19.2 Å². The molecule has 4 amide bonds. The van der Waals surface area contributed by atoms with E-state index >= 15 is 0 Å². The molecule has 0 aliphatic carbocycles. The third kappa shape index (κ3) is 7.39. The Morgan fingerprint density at radius 3 is 2.17 bits per heavy atom. The van der Waals surface area contributed by atoms with E-state index in [1.165, 1.54) is 17.0 Å². The van der Waals surface area contributed by atoms with Gasteiger partial charge in [0.2, 0.25) is 23.6 Å². The molecule has 4 atom stereocenters. The lowest BCUT2D eigenvalue weighted by Gasteiger charge is -2.33. The van der Waals surface area contributed by atoms with Gasteiger partial charge in [0.15, 0.2) is 0 Å². The molecule has 2 aliphatic heterocycles. The standard InChI is InChI=1S/C29H36N6O5S/c30-21(16-18-10-12-20(36)13-11-18)28(40)34-14-4-9-23(34)27(39)33-25(19-6-2-1-3-7-19)29(41)35-15-5-8-22(35)26(38)32-17-24(31)37/h1-3,6-7,10-13,21-23,25,36H,4-5,8-9,14-17,30H2,(H2,31,37)(H,32,38)(H,33,39)/t21-,22-,23-,25-/m0/s1. The molecule has 12 heteroatoms. The maximum Gasteiger partial charge on any atom is 0.243 e. The zero-order valence-corrected chi connectivity index (χ0v) is 23.5. The van der Waals surface area contributed by atoms with Crippen LogP contribution in [0.4, 0.5) is 0 Å². The number of phenols is 1. The van der Waals surface area contributed by atoms with Gasteiger partial charge in [0, 0.05) is 13.1 Å². The van der Waals surface area contributed by atoms with Crippen LogP contribution in [0.3, 0.4) is 0 Å². The van der Waals surface area contributed by atoms with Crippen LogP contribution in [0.15, 0.2) is 54.6 Å². The molecule has 0 unspecified atom stereocenters. The summed E-state index contributed by atoms with van der Waals surface area (Å²) in [5.74, 6) is -1.53. The maximum absolute atomic E-state index is 13.7. The van der Waals surface area contributed by atoms with E-state index in [0.717, 1.165) is 11.1 Å². The lowest BCUT2D eigenvalue weighted by molar-refractivity contribution is -0.139. The summed E-state index contributed by atoms with van der Waals surface area (Å²) in [6.07, 6.45) is 2.68. The molecule has 218 valence electrons. The molecule has 2 saturated heterocycles. The number of thiocarbonyl (C=S) groups is 1. The highest BCUT2D eigenvalue weighted by Gasteiger charge is 2.40. The average molecular weight is 581 g/mol. The summed E-state index contributed by atoms with van der Waals surface area (Å²) in [6.45, 7) is 0.664. The normalized spacial score (nSPS) is 19.8. The highest BCUT2D eigenvalue weighted by molar-refractivity contribution is 7.80. The van der Waals surface area contributed by atoms with Gasteiger partial charge in [-0.2, -0.15) is 0 Å². The summed E-state index contributed by atoms with van der Waals surface area (Å²) in [5, 5.41) is 15.1. The quantitative estimate of drug-likeness (QED) is 0.253. The first-order chi connectivity index (χ1) is 19.7. The molecular formula is C29H36N6O5S. The number of nitrogens with two attached hydrogens (primary N) is 2. The average Bonchev–Trinajstić information content (AvgIpc) is 3.66. The van der Waals surface area contributed by atoms with Crippen molar-refractivity contribution in [1.29, 1.82) is 0 Å². The van der Waals surface area contributed by atoms with Crippen molar-refractivity contribution >= 4 is 40.8 Å². The van der Waals surface area contributed by atoms with Crippen molar-refractivity contribution in [2.75, 3.05) is 19.6 Å². The number of carbonyl (C=O) groups is 4. The number of benzene rings is 2. The number of nitrogens with one attached hydrogen (secondary N) is 2. The number of aromatic hydroxyl groups is 1. The second-order valence-electron chi connectivity index (χ2n) is 10.4. The van der Waals surface area contributed by atoms with Crippen LogP contribution in [-0.2, 0) is 25.6 Å². The SMILES string of the molecule is NC(=O)CNC(=O)[C@@H]1CCCN1C(=S)[C@@H](NC(=O)[C@@H]1CCCN1C(=O)[C@@H](N)Cc1ccc(O)cc1)c1ccccc1. The second-order valence-corrected chi connectivity index (χ2v) is 10.8.